The van der Waals surface area contributed by atoms with Crippen molar-refractivity contribution in [2.24, 2.45) is 0 Å². The predicted molar refractivity (Wildman–Crippen MR) is 67.5 cm³/mol. The summed E-state index contributed by atoms with van der Waals surface area (Å²) in [6.07, 6.45) is 1.14. The van der Waals surface area contributed by atoms with Gasteiger partial charge in [0.25, 0.3) is 0 Å². The topological polar surface area (TPSA) is 92.7 Å². The lowest BCUT2D eigenvalue weighted by molar-refractivity contribution is 0.0695. The van der Waals surface area contributed by atoms with E-state index >= 15 is 0 Å². The van der Waals surface area contributed by atoms with Crippen molar-refractivity contribution in [3.8, 4) is 0 Å². The molecule has 1 aromatic carbocycles. The Kier molecular flexibility index (Phi) is 4.55. The van der Waals surface area contributed by atoms with Gasteiger partial charge < -0.3 is 9.84 Å². The first-order valence-corrected chi connectivity index (χ1v) is 7.62. The number of sulfonamides is 1. The highest BCUT2D eigenvalue weighted by molar-refractivity contribution is 7.89. The molecule has 9 heteroatoms. The Balaban J connectivity index is 2.36. The summed E-state index contributed by atoms with van der Waals surface area (Å²) in [5.41, 5.74) is -0.644. The van der Waals surface area contributed by atoms with E-state index in [1.807, 2.05) is 0 Å². The molecule has 0 aliphatic carbocycles. The third-order valence-electron chi connectivity index (χ3n) is 3.01. The summed E-state index contributed by atoms with van der Waals surface area (Å²) < 4.78 is 58.5. The van der Waals surface area contributed by atoms with E-state index in [-0.39, 0.29) is 6.61 Å². The number of hydrogen-bond acceptors (Lipinski definition) is 4. The van der Waals surface area contributed by atoms with Crippen LogP contribution >= 0.6 is 0 Å². The average molecular weight is 321 g/mol. The van der Waals surface area contributed by atoms with E-state index in [0.29, 0.717) is 31.6 Å². The zero-order chi connectivity index (χ0) is 15.6. The Hall–Kier alpha value is -1.58. The van der Waals surface area contributed by atoms with Gasteiger partial charge >= 0.3 is 5.97 Å². The average Bonchev–Trinajstić information content (AvgIpc) is 2.41. The maximum Gasteiger partial charge on any atom is 0.335 e. The predicted octanol–water partition coefficient (Wildman–Crippen LogP) is 1.12. The third-order valence-corrected chi connectivity index (χ3v) is 4.53. The Morgan fingerprint density at radius 3 is 2.67 bits per heavy atom. The number of carbonyl (C=O) groups is 1. The number of carboxylic acids is 1. The summed E-state index contributed by atoms with van der Waals surface area (Å²) >= 11 is 0. The molecule has 0 amide bonds. The molecule has 1 aromatic rings. The summed E-state index contributed by atoms with van der Waals surface area (Å²) in [7, 11) is -4.38. The fraction of sp³-hybridized carbons (Fsp3) is 0.417. The number of rotatable bonds is 4. The van der Waals surface area contributed by atoms with Crippen molar-refractivity contribution in [1.29, 1.82) is 0 Å². The number of carboxylic acid groups (broad SMARTS) is 1. The second kappa shape index (κ2) is 6.04. The molecule has 0 saturated carbocycles. The highest BCUT2D eigenvalue weighted by atomic mass is 32.2. The molecule has 1 atom stereocenters. The van der Waals surface area contributed by atoms with Crippen LogP contribution in [0.1, 0.15) is 23.2 Å². The van der Waals surface area contributed by atoms with E-state index in [9.17, 15) is 22.0 Å². The van der Waals surface area contributed by atoms with Gasteiger partial charge in [-0.15, -0.1) is 0 Å². The lowest BCUT2D eigenvalue weighted by Gasteiger charge is -2.23. The number of ether oxygens (including phenoxy) is 1. The van der Waals surface area contributed by atoms with Crippen LogP contribution in [0, 0.1) is 11.6 Å². The zero-order valence-electron chi connectivity index (χ0n) is 10.8. The van der Waals surface area contributed by atoms with E-state index in [4.69, 9.17) is 9.84 Å². The van der Waals surface area contributed by atoms with Gasteiger partial charge in [0.2, 0.25) is 10.0 Å². The summed E-state index contributed by atoms with van der Waals surface area (Å²) in [5.74, 6) is -4.69. The maximum atomic E-state index is 13.7. The number of aromatic carboxylic acids is 1. The van der Waals surface area contributed by atoms with Gasteiger partial charge in [-0.25, -0.2) is 26.7 Å². The van der Waals surface area contributed by atoms with E-state index in [1.165, 1.54) is 0 Å². The van der Waals surface area contributed by atoms with Crippen molar-refractivity contribution in [3.63, 3.8) is 0 Å². The molecule has 1 saturated heterocycles. The third kappa shape index (κ3) is 3.55. The molecule has 116 valence electrons. The molecular weight excluding hydrogens is 308 g/mol. The van der Waals surface area contributed by atoms with Gasteiger partial charge in [-0.05, 0) is 25.0 Å². The Bertz CT molecular complexity index is 656. The van der Waals surface area contributed by atoms with Crippen LogP contribution < -0.4 is 4.72 Å². The van der Waals surface area contributed by atoms with Crippen LogP contribution in [-0.4, -0.2) is 38.7 Å². The van der Waals surface area contributed by atoms with Crippen LogP contribution in [0.2, 0.25) is 0 Å². The van der Waals surface area contributed by atoms with Gasteiger partial charge in [0.05, 0.1) is 12.2 Å². The molecule has 0 bridgehead atoms. The van der Waals surface area contributed by atoms with Crippen LogP contribution in [0.4, 0.5) is 8.78 Å². The van der Waals surface area contributed by atoms with Gasteiger partial charge in [0.15, 0.2) is 11.6 Å². The van der Waals surface area contributed by atoms with Gasteiger partial charge in [-0.2, -0.15) is 0 Å². The molecule has 21 heavy (non-hydrogen) atoms. The number of benzene rings is 1. The molecule has 0 aromatic heterocycles. The van der Waals surface area contributed by atoms with Crippen LogP contribution in [0.3, 0.4) is 0 Å². The molecule has 1 fully saturated rings. The number of halogens is 2. The van der Waals surface area contributed by atoms with Crippen molar-refractivity contribution in [2.75, 3.05) is 13.2 Å². The molecule has 1 unspecified atom stereocenters. The lowest BCUT2D eigenvalue weighted by Crippen LogP contribution is -2.40. The van der Waals surface area contributed by atoms with Crippen LogP contribution in [0.15, 0.2) is 17.0 Å². The summed E-state index contributed by atoms with van der Waals surface area (Å²) in [6, 6.07) is 0.465. The number of nitrogens with one attached hydrogen (secondary N) is 1. The van der Waals surface area contributed by atoms with Gasteiger partial charge in [0, 0.05) is 12.6 Å². The number of hydrogen-bond donors (Lipinski definition) is 2. The monoisotopic (exact) mass is 321 g/mol. The first-order valence-electron chi connectivity index (χ1n) is 6.13. The Morgan fingerprint density at radius 1 is 1.38 bits per heavy atom. The van der Waals surface area contributed by atoms with Crippen LogP contribution in [0.5, 0.6) is 0 Å². The fourth-order valence-corrected chi connectivity index (χ4v) is 3.37. The second-order valence-electron chi connectivity index (χ2n) is 4.61. The minimum absolute atomic E-state index is 0.127. The van der Waals surface area contributed by atoms with Crippen molar-refractivity contribution in [3.05, 3.63) is 29.3 Å². The van der Waals surface area contributed by atoms with Gasteiger partial charge in [-0.3, -0.25) is 0 Å². The van der Waals surface area contributed by atoms with Crippen molar-refractivity contribution in [2.45, 2.75) is 23.8 Å². The SMILES string of the molecule is O=C(O)c1cc(F)c(F)c(S(=O)(=O)NC2CCCOC2)c1. The summed E-state index contributed by atoms with van der Waals surface area (Å²) in [4.78, 5) is 9.79. The molecule has 1 heterocycles. The molecule has 1 aliphatic rings. The zero-order valence-corrected chi connectivity index (χ0v) is 11.6. The van der Waals surface area contributed by atoms with E-state index in [2.05, 4.69) is 4.72 Å². The molecule has 1 aliphatic heterocycles. The molecule has 6 nitrogen and oxygen atoms in total. The maximum absolute atomic E-state index is 13.7. The molecule has 2 rings (SSSR count). The molecule has 0 spiro atoms. The Morgan fingerprint density at radius 2 is 2.10 bits per heavy atom. The second-order valence-corrected chi connectivity index (χ2v) is 6.29. The van der Waals surface area contributed by atoms with Crippen molar-refractivity contribution < 1.29 is 31.8 Å². The molecule has 2 N–H and O–H groups in total. The fourth-order valence-electron chi connectivity index (χ4n) is 2.00. The minimum Gasteiger partial charge on any atom is -0.478 e. The van der Waals surface area contributed by atoms with Crippen LogP contribution in [-0.2, 0) is 14.8 Å². The van der Waals surface area contributed by atoms with Gasteiger partial charge in [-0.1, -0.05) is 0 Å². The highest BCUT2D eigenvalue weighted by Crippen LogP contribution is 2.21. The minimum atomic E-state index is -4.38. The van der Waals surface area contributed by atoms with Crippen LogP contribution in [0.25, 0.3) is 0 Å². The van der Waals surface area contributed by atoms with Crippen molar-refractivity contribution >= 4 is 16.0 Å². The standard InChI is InChI=1S/C12H13F2NO5S/c13-9-4-7(12(16)17)5-10(11(9)14)21(18,19)15-8-2-1-3-20-6-8/h4-5,8,15H,1-3,6H2,(H,16,17). The largest absolute Gasteiger partial charge is 0.478 e. The first-order chi connectivity index (χ1) is 9.81. The van der Waals surface area contributed by atoms with E-state index < -0.39 is 44.1 Å². The molecule has 0 radical (unpaired) electrons. The summed E-state index contributed by atoms with van der Waals surface area (Å²) in [6.45, 7) is 0.637. The first kappa shape index (κ1) is 15.8. The quantitative estimate of drug-likeness (QED) is 0.867. The smallest absolute Gasteiger partial charge is 0.335 e. The van der Waals surface area contributed by atoms with E-state index in [1.54, 1.807) is 0 Å². The van der Waals surface area contributed by atoms with E-state index in [0.717, 1.165) is 0 Å². The normalized spacial score (nSPS) is 19.4. The lowest BCUT2D eigenvalue weighted by atomic mass is 10.1. The van der Waals surface area contributed by atoms with Gasteiger partial charge in [0.1, 0.15) is 4.90 Å². The highest BCUT2D eigenvalue weighted by Gasteiger charge is 2.28. The molecular formula is C12H13F2NO5S. The summed E-state index contributed by atoms with van der Waals surface area (Å²) in [5, 5.41) is 8.79. The van der Waals surface area contributed by atoms with Crippen molar-refractivity contribution in [1.82, 2.24) is 4.72 Å². The Labute approximate surface area is 119 Å².